The number of rotatable bonds is 3. The normalized spacial score (nSPS) is 9.09. The fourth-order valence-electron chi connectivity index (χ4n) is 1.46. The van der Waals surface area contributed by atoms with Crippen molar-refractivity contribution < 1.29 is 0 Å². The predicted molar refractivity (Wildman–Crippen MR) is 114 cm³/mol. The monoisotopic (exact) mass is 320 g/mol. The van der Waals surface area contributed by atoms with Gasteiger partial charge in [-0.2, -0.15) is 0 Å². The van der Waals surface area contributed by atoms with Crippen molar-refractivity contribution in [3.63, 3.8) is 0 Å². The number of allylic oxidation sites excluding steroid dienone is 1. The molecular formula is C23H44. The first kappa shape index (κ1) is 29.7. The topological polar surface area (TPSA) is 0 Å². The largest absolute Gasteiger partial charge is 0.106 e. The maximum absolute atomic E-state index is 3.77. The van der Waals surface area contributed by atoms with Gasteiger partial charge in [-0.05, 0) is 42.9 Å². The van der Waals surface area contributed by atoms with E-state index >= 15 is 0 Å². The Morgan fingerprint density at radius 1 is 0.913 bits per heavy atom. The molecule has 0 bridgehead atoms. The Balaban J connectivity index is -0.000000152. The Hall–Kier alpha value is -1.30. The Bertz CT molecular complexity index is 334. The molecular weight excluding hydrogens is 276 g/mol. The van der Waals surface area contributed by atoms with Crippen LogP contribution in [0.25, 0.3) is 0 Å². The molecule has 0 saturated carbocycles. The maximum atomic E-state index is 3.77. The molecule has 0 heteroatoms. The molecule has 1 unspecified atom stereocenters. The van der Waals surface area contributed by atoms with Gasteiger partial charge in [-0.1, -0.05) is 85.6 Å². The molecule has 1 aromatic carbocycles. The Labute approximate surface area is 148 Å². The molecule has 1 aromatic rings. The lowest BCUT2D eigenvalue weighted by Crippen LogP contribution is -1.93. The van der Waals surface area contributed by atoms with Gasteiger partial charge >= 0.3 is 0 Å². The minimum atomic E-state index is 0.594. The summed E-state index contributed by atoms with van der Waals surface area (Å²) in [5.74, 6) is 0.594. The van der Waals surface area contributed by atoms with Crippen LogP contribution in [0, 0.1) is 13.8 Å². The molecule has 0 aliphatic rings. The standard InChI is InChI=1S/C13H18.2C3H8.C2H6.C2H4/c1-5-6-11(3)13-8-7-10(2)12(4)9-13;2*1-3-2;2*1-2/h5,7-9,11H,1,6H2,2-4H3;2*3H2,1-2H3;1-2H3;1-2H2. The summed E-state index contributed by atoms with van der Waals surface area (Å²) in [4.78, 5) is 0. The van der Waals surface area contributed by atoms with Crippen molar-refractivity contribution in [2.45, 2.75) is 87.5 Å². The van der Waals surface area contributed by atoms with E-state index in [4.69, 9.17) is 0 Å². The third-order valence-electron chi connectivity index (χ3n) is 2.62. The fourth-order valence-corrected chi connectivity index (χ4v) is 1.46. The van der Waals surface area contributed by atoms with Gasteiger partial charge in [-0.15, -0.1) is 19.7 Å². The van der Waals surface area contributed by atoms with Crippen LogP contribution in [0.2, 0.25) is 0 Å². The second-order valence-corrected chi connectivity index (χ2v) is 5.18. The second-order valence-electron chi connectivity index (χ2n) is 5.18. The van der Waals surface area contributed by atoms with Gasteiger partial charge in [-0.3, -0.25) is 0 Å². The predicted octanol–water partition coefficient (Wildman–Crippen LogP) is 8.64. The van der Waals surface area contributed by atoms with Crippen LogP contribution in [0.5, 0.6) is 0 Å². The smallest absolute Gasteiger partial charge is 0.0156 e. The molecule has 0 amide bonds. The van der Waals surface area contributed by atoms with E-state index in [-0.39, 0.29) is 0 Å². The van der Waals surface area contributed by atoms with E-state index in [1.54, 1.807) is 0 Å². The molecule has 136 valence electrons. The van der Waals surface area contributed by atoms with Crippen molar-refractivity contribution in [1.29, 1.82) is 0 Å². The molecule has 1 atom stereocenters. The van der Waals surface area contributed by atoms with Gasteiger partial charge < -0.3 is 0 Å². The van der Waals surface area contributed by atoms with Crippen molar-refractivity contribution in [3.8, 4) is 0 Å². The molecule has 23 heavy (non-hydrogen) atoms. The highest BCUT2D eigenvalue weighted by atomic mass is 14.1. The van der Waals surface area contributed by atoms with Gasteiger partial charge in [0.25, 0.3) is 0 Å². The van der Waals surface area contributed by atoms with Gasteiger partial charge in [0.1, 0.15) is 0 Å². The van der Waals surface area contributed by atoms with Crippen LogP contribution < -0.4 is 0 Å². The first-order chi connectivity index (χ1) is 11.0. The van der Waals surface area contributed by atoms with Crippen LogP contribution in [-0.4, -0.2) is 0 Å². The molecule has 0 aliphatic heterocycles. The summed E-state index contributed by atoms with van der Waals surface area (Å²) >= 11 is 0. The third-order valence-corrected chi connectivity index (χ3v) is 2.62. The molecule has 1 rings (SSSR count). The molecule has 0 aromatic heterocycles. The summed E-state index contributed by atoms with van der Waals surface area (Å²) < 4.78 is 0. The average molecular weight is 321 g/mol. The van der Waals surface area contributed by atoms with E-state index in [1.807, 2.05) is 19.9 Å². The molecule has 0 N–H and O–H groups in total. The Morgan fingerprint density at radius 3 is 1.61 bits per heavy atom. The quantitative estimate of drug-likeness (QED) is 0.489. The summed E-state index contributed by atoms with van der Waals surface area (Å²) in [5.41, 5.74) is 4.17. The lowest BCUT2D eigenvalue weighted by atomic mass is 9.95. The van der Waals surface area contributed by atoms with Crippen molar-refractivity contribution in [1.82, 2.24) is 0 Å². The van der Waals surface area contributed by atoms with E-state index in [9.17, 15) is 0 Å². The van der Waals surface area contributed by atoms with E-state index in [1.165, 1.54) is 29.5 Å². The van der Waals surface area contributed by atoms with Crippen LogP contribution in [0.4, 0.5) is 0 Å². The number of aryl methyl sites for hydroxylation is 2. The number of benzene rings is 1. The van der Waals surface area contributed by atoms with Gasteiger partial charge in [0, 0.05) is 0 Å². The summed E-state index contributed by atoms with van der Waals surface area (Å²) in [6.07, 6.45) is 5.54. The highest BCUT2D eigenvalue weighted by Crippen LogP contribution is 2.21. The lowest BCUT2D eigenvalue weighted by Gasteiger charge is -2.11. The molecule has 0 radical (unpaired) electrons. The summed E-state index contributed by atoms with van der Waals surface area (Å²) in [6, 6.07) is 6.70. The van der Waals surface area contributed by atoms with Crippen molar-refractivity contribution in [2.75, 3.05) is 0 Å². The second kappa shape index (κ2) is 25.6. The van der Waals surface area contributed by atoms with Crippen molar-refractivity contribution in [2.24, 2.45) is 0 Å². The highest BCUT2D eigenvalue weighted by Gasteiger charge is 2.03. The van der Waals surface area contributed by atoms with Crippen LogP contribution in [-0.2, 0) is 0 Å². The van der Waals surface area contributed by atoms with E-state index in [0.717, 1.165) is 6.42 Å². The third kappa shape index (κ3) is 20.7. The molecule has 0 heterocycles. The van der Waals surface area contributed by atoms with E-state index < -0.39 is 0 Å². The zero-order valence-electron chi connectivity index (χ0n) is 17.6. The van der Waals surface area contributed by atoms with Gasteiger partial charge in [0.05, 0.1) is 0 Å². The zero-order chi connectivity index (χ0) is 19.3. The number of hydrogen-bond donors (Lipinski definition) is 0. The zero-order valence-corrected chi connectivity index (χ0v) is 17.6. The first-order valence-corrected chi connectivity index (χ1v) is 9.16. The molecule has 0 nitrogen and oxygen atoms in total. The summed E-state index contributed by atoms with van der Waals surface area (Å²) in [5, 5.41) is 0. The lowest BCUT2D eigenvalue weighted by molar-refractivity contribution is 0.780. The number of hydrogen-bond acceptors (Lipinski definition) is 0. The van der Waals surface area contributed by atoms with Crippen LogP contribution in [0.3, 0.4) is 0 Å². The van der Waals surface area contributed by atoms with Crippen molar-refractivity contribution >= 4 is 0 Å². The minimum Gasteiger partial charge on any atom is -0.106 e. The Morgan fingerprint density at radius 2 is 1.30 bits per heavy atom. The fraction of sp³-hybridized carbons (Fsp3) is 0.565. The highest BCUT2D eigenvalue weighted by molar-refractivity contribution is 5.31. The first-order valence-electron chi connectivity index (χ1n) is 9.16. The van der Waals surface area contributed by atoms with Gasteiger partial charge in [-0.25, -0.2) is 0 Å². The van der Waals surface area contributed by atoms with E-state index in [2.05, 4.69) is 86.4 Å². The molecule has 0 spiro atoms. The van der Waals surface area contributed by atoms with Crippen LogP contribution in [0.1, 0.15) is 90.3 Å². The van der Waals surface area contributed by atoms with Gasteiger partial charge in [0.2, 0.25) is 0 Å². The van der Waals surface area contributed by atoms with Crippen molar-refractivity contribution in [3.05, 3.63) is 60.7 Å². The Kier molecular flexibility index (Phi) is 33.1. The van der Waals surface area contributed by atoms with Crippen LogP contribution in [0.15, 0.2) is 44.0 Å². The van der Waals surface area contributed by atoms with Crippen LogP contribution >= 0.6 is 0 Å². The summed E-state index contributed by atoms with van der Waals surface area (Å²) in [6.45, 7) is 28.8. The molecule has 0 saturated heterocycles. The minimum absolute atomic E-state index is 0.594. The average Bonchev–Trinajstić information content (AvgIpc) is 2.55. The molecule has 0 aliphatic carbocycles. The SMILES string of the molecule is C=C.C=CCC(C)c1ccc(C)c(C)c1.CC.CCC.CCC. The van der Waals surface area contributed by atoms with Gasteiger partial charge in [0.15, 0.2) is 0 Å². The van der Waals surface area contributed by atoms with E-state index in [0.29, 0.717) is 5.92 Å². The molecule has 0 fully saturated rings. The maximum Gasteiger partial charge on any atom is -0.0156 e. The summed E-state index contributed by atoms with van der Waals surface area (Å²) in [7, 11) is 0.